The Morgan fingerprint density at radius 1 is 0.553 bits per heavy atom. The Labute approximate surface area is 223 Å². The third-order valence-corrected chi connectivity index (χ3v) is 2.91. The van der Waals surface area contributed by atoms with Crippen molar-refractivity contribution < 1.29 is 49.5 Å². The molecule has 0 bridgehead atoms. The maximum atomic E-state index is 9.00. The van der Waals surface area contributed by atoms with E-state index in [4.69, 9.17) is 49.5 Å². The van der Waals surface area contributed by atoms with Crippen LogP contribution in [0.4, 0.5) is 0 Å². The van der Waals surface area contributed by atoms with Crippen LogP contribution in [-0.2, 0) is 24.0 Å². The topological polar surface area (TPSA) is 186 Å². The number of carboxylic acids is 5. The standard InChI is InChI=1S/C18H18.5C2H4O2/c1-7-13(6)18-12-14(8-2)15(9-3)16(10-4)17(18)11-5;5*1-2(3)4/h7-12H,1-6H2;5*1H3,(H,3,4). The van der Waals surface area contributed by atoms with E-state index in [9.17, 15) is 0 Å². The highest BCUT2D eigenvalue weighted by Crippen LogP contribution is 2.31. The largest absolute Gasteiger partial charge is 0.481 e. The first-order chi connectivity index (χ1) is 17.3. The Balaban J connectivity index is -0.000000148. The first kappa shape index (κ1) is 43.1. The van der Waals surface area contributed by atoms with Crippen LogP contribution < -0.4 is 0 Å². The van der Waals surface area contributed by atoms with Gasteiger partial charge in [0.15, 0.2) is 0 Å². The van der Waals surface area contributed by atoms with Gasteiger partial charge in [0.2, 0.25) is 0 Å². The van der Waals surface area contributed by atoms with Crippen molar-refractivity contribution in [3.63, 3.8) is 0 Å². The lowest BCUT2D eigenvalue weighted by Crippen LogP contribution is -1.96. The predicted octanol–water partition coefficient (Wildman–Crippen LogP) is 5.91. The average molecular weight is 535 g/mol. The number of carboxylic acid groups (broad SMARTS) is 5. The molecule has 0 amide bonds. The molecule has 38 heavy (non-hydrogen) atoms. The lowest BCUT2D eigenvalue weighted by Gasteiger charge is -2.15. The molecule has 0 aliphatic rings. The van der Waals surface area contributed by atoms with Crippen LogP contribution in [-0.4, -0.2) is 55.4 Å². The Kier molecular flexibility index (Phi) is 30.2. The smallest absolute Gasteiger partial charge is 0.300 e. The van der Waals surface area contributed by atoms with Crippen LogP contribution >= 0.6 is 0 Å². The second kappa shape index (κ2) is 26.6. The molecular weight excluding hydrogens is 496 g/mol. The molecule has 0 aliphatic heterocycles. The van der Waals surface area contributed by atoms with E-state index >= 15 is 0 Å². The number of hydrogen-bond acceptors (Lipinski definition) is 5. The van der Waals surface area contributed by atoms with E-state index in [0.717, 1.165) is 68.0 Å². The van der Waals surface area contributed by atoms with Gasteiger partial charge in [-0.3, -0.25) is 24.0 Å². The Morgan fingerprint density at radius 3 is 1.00 bits per heavy atom. The van der Waals surface area contributed by atoms with Gasteiger partial charge in [0.05, 0.1) is 0 Å². The summed E-state index contributed by atoms with van der Waals surface area (Å²) in [5.74, 6) is -4.17. The molecule has 0 heterocycles. The zero-order valence-corrected chi connectivity index (χ0v) is 22.5. The molecular formula is C28H38O10. The fraction of sp³-hybridized carbons (Fsp3) is 0.179. The predicted molar refractivity (Wildman–Crippen MR) is 153 cm³/mol. The van der Waals surface area contributed by atoms with Crippen LogP contribution in [0.15, 0.2) is 51.6 Å². The van der Waals surface area contributed by atoms with Crippen molar-refractivity contribution in [2.75, 3.05) is 0 Å². The molecule has 0 aromatic heterocycles. The number of aliphatic carboxylic acids is 5. The Hall–Kier alpha value is -4.99. The SMILES string of the molecule is C=CC(=C)c1cc(C=C)c(C=C)c(C=C)c1C=C.CC(=O)O.CC(=O)O.CC(=O)O.CC(=O)O.CC(=O)O. The molecule has 0 fully saturated rings. The molecule has 0 radical (unpaired) electrons. The van der Waals surface area contributed by atoms with Crippen molar-refractivity contribution in [2.45, 2.75) is 34.6 Å². The molecule has 10 nitrogen and oxygen atoms in total. The zero-order valence-electron chi connectivity index (χ0n) is 22.5. The van der Waals surface area contributed by atoms with Gasteiger partial charge < -0.3 is 25.5 Å². The van der Waals surface area contributed by atoms with Crippen LogP contribution in [0.1, 0.15) is 62.4 Å². The number of rotatable bonds is 6. The Bertz CT molecular complexity index is 925. The number of carbonyl (C=O) groups is 5. The minimum Gasteiger partial charge on any atom is -0.481 e. The highest BCUT2D eigenvalue weighted by molar-refractivity contribution is 5.88. The summed E-state index contributed by atoms with van der Waals surface area (Å²) < 4.78 is 0. The van der Waals surface area contributed by atoms with E-state index in [1.54, 1.807) is 24.3 Å². The molecule has 210 valence electrons. The molecule has 0 atom stereocenters. The van der Waals surface area contributed by atoms with E-state index in [1.165, 1.54) is 0 Å². The summed E-state index contributed by atoms with van der Waals surface area (Å²) in [6, 6.07) is 2.03. The van der Waals surface area contributed by atoms with Crippen molar-refractivity contribution in [3.05, 3.63) is 79.4 Å². The van der Waals surface area contributed by atoms with Crippen molar-refractivity contribution in [1.82, 2.24) is 0 Å². The van der Waals surface area contributed by atoms with Crippen molar-refractivity contribution in [1.29, 1.82) is 0 Å². The minimum atomic E-state index is -0.833. The monoisotopic (exact) mass is 534 g/mol. The molecule has 1 rings (SSSR count). The first-order valence-corrected chi connectivity index (χ1v) is 10.3. The number of hydrogen-bond donors (Lipinski definition) is 5. The van der Waals surface area contributed by atoms with Crippen LogP contribution in [0.3, 0.4) is 0 Å². The number of allylic oxidation sites excluding steroid dienone is 2. The maximum absolute atomic E-state index is 9.00. The molecule has 1 aromatic carbocycles. The molecule has 0 saturated carbocycles. The van der Waals surface area contributed by atoms with E-state index in [1.807, 2.05) is 12.1 Å². The van der Waals surface area contributed by atoms with E-state index in [0.29, 0.717) is 0 Å². The van der Waals surface area contributed by atoms with Crippen molar-refractivity contribution >= 4 is 59.7 Å². The Morgan fingerprint density at radius 2 is 0.816 bits per heavy atom. The third kappa shape index (κ3) is 33.2. The van der Waals surface area contributed by atoms with Gasteiger partial charge in [-0.05, 0) is 39.5 Å². The van der Waals surface area contributed by atoms with Crippen LogP contribution in [0.25, 0.3) is 29.9 Å². The number of benzene rings is 1. The zero-order chi connectivity index (χ0) is 31.6. The summed E-state index contributed by atoms with van der Waals surface area (Å²) in [6.45, 7) is 28.6. The van der Waals surface area contributed by atoms with Crippen molar-refractivity contribution in [3.8, 4) is 0 Å². The van der Waals surface area contributed by atoms with Gasteiger partial charge in [0.25, 0.3) is 29.8 Å². The summed E-state index contributed by atoms with van der Waals surface area (Å²) in [6.07, 6.45) is 8.95. The average Bonchev–Trinajstić information content (AvgIpc) is 2.74. The van der Waals surface area contributed by atoms with E-state index in [2.05, 4.69) is 39.5 Å². The quantitative estimate of drug-likeness (QED) is 0.274. The van der Waals surface area contributed by atoms with Crippen LogP contribution in [0.5, 0.6) is 0 Å². The van der Waals surface area contributed by atoms with Crippen molar-refractivity contribution in [2.24, 2.45) is 0 Å². The van der Waals surface area contributed by atoms with Gasteiger partial charge in [-0.15, -0.1) is 0 Å². The van der Waals surface area contributed by atoms with Gasteiger partial charge in [0, 0.05) is 34.6 Å². The van der Waals surface area contributed by atoms with Gasteiger partial charge >= 0.3 is 0 Å². The molecule has 0 spiro atoms. The fourth-order valence-corrected chi connectivity index (χ4v) is 1.97. The van der Waals surface area contributed by atoms with Crippen LogP contribution in [0, 0.1) is 0 Å². The molecule has 10 heteroatoms. The normalized spacial score (nSPS) is 7.71. The van der Waals surface area contributed by atoms with Gasteiger partial charge in [-0.2, -0.15) is 0 Å². The molecule has 0 unspecified atom stereocenters. The molecule has 1 aromatic rings. The van der Waals surface area contributed by atoms with Gasteiger partial charge in [-0.25, -0.2) is 0 Å². The summed E-state index contributed by atoms with van der Waals surface area (Å²) in [5, 5.41) is 37.1. The second-order valence-corrected chi connectivity index (χ2v) is 6.40. The third-order valence-electron chi connectivity index (χ3n) is 2.91. The molecule has 0 saturated heterocycles. The maximum Gasteiger partial charge on any atom is 0.300 e. The minimum absolute atomic E-state index is 0.833. The summed E-state index contributed by atoms with van der Waals surface area (Å²) in [7, 11) is 0. The highest BCUT2D eigenvalue weighted by atomic mass is 16.4. The lowest BCUT2D eigenvalue weighted by molar-refractivity contribution is -0.135. The first-order valence-electron chi connectivity index (χ1n) is 10.3. The summed E-state index contributed by atoms with van der Waals surface area (Å²) in [5.41, 5.74) is 5.85. The van der Waals surface area contributed by atoms with Gasteiger partial charge in [0.1, 0.15) is 0 Å². The van der Waals surface area contributed by atoms with Gasteiger partial charge in [-0.1, -0.05) is 69.9 Å². The highest BCUT2D eigenvalue weighted by Gasteiger charge is 2.11. The van der Waals surface area contributed by atoms with E-state index < -0.39 is 29.8 Å². The molecule has 5 N–H and O–H groups in total. The molecule has 0 aliphatic carbocycles. The fourth-order valence-electron chi connectivity index (χ4n) is 1.97. The summed E-state index contributed by atoms with van der Waals surface area (Å²) >= 11 is 0. The van der Waals surface area contributed by atoms with E-state index in [-0.39, 0.29) is 0 Å². The second-order valence-electron chi connectivity index (χ2n) is 6.40. The van der Waals surface area contributed by atoms with Crippen LogP contribution in [0.2, 0.25) is 0 Å². The lowest BCUT2D eigenvalue weighted by atomic mass is 9.88. The summed E-state index contributed by atoms with van der Waals surface area (Å²) in [4.78, 5) is 45.0.